The summed E-state index contributed by atoms with van der Waals surface area (Å²) in [6, 6.07) is 8.88. The predicted octanol–water partition coefficient (Wildman–Crippen LogP) is 2.38. The monoisotopic (exact) mass is 405 g/mol. The van der Waals surface area contributed by atoms with Gasteiger partial charge in [-0.1, -0.05) is 25.1 Å². The first-order chi connectivity index (χ1) is 13.3. The molecule has 0 bridgehead atoms. The lowest BCUT2D eigenvalue weighted by molar-refractivity contribution is 0.0942. The lowest BCUT2D eigenvalue weighted by atomic mass is 10.0. The first-order valence-electron chi connectivity index (χ1n) is 9.39. The first-order valence-corrected chi connectivity index (χ1v) is 10.8. The zero-order valence-corrected chi connectivity index (χ0v) is 17.3. The second-order valence-electron chi connectivity index (χ2n) is 7.28. The van der Waals surface area contributed by atoms with Gasteiger partial charge in [0.25, 0.3) is 5.91 Å². The summed E-state index contributed by atoms with van der Waals surface area (Å²) in [5.74, 6) is 0.704. The van der Waals surface area contributed by atoms with E-state index in [0.29, 0.717) is 37.0 Å². The third kappa shape index (κ3) is 4.23. The fraction of sp³-hybridized carbons (Fsp3) is 0.450. The number of para-hydroxylation sites is 1. The molecule has 2 aromatic rings. The summed E-state index contributed by atoms with van der Waals surface area (Å²) in [7, 11) is -0.339. The van der Waals surface area contributed by atoms with E-state index in [2.05, 4.69) is 12.2 Å². The number of carbonyl (C=O) groups excluding carboxylic acids is 1. The molecule has 1 fully saturated rings. The number of aryl methyl sites for hydroxylation is 1. The zero-order valence-electron chi connectivity index (χ0n) is 16.5. The Balaban J connectivity index is 1.75. The molecule has 28 heavy (non-hydrogen) atoms. The molecule has 1 aromatic heterocycles. The molecule has 1 aliphatic heterocycles. The Kier molecular flexibility index (Phi) is 6.10. The number of piperidine rings is 1. The molecule has 0 spiro atoms. The van der Waals surface area contributed by atoms with Crippen LogP contribution in [0.2, 0.25) is 0 Å². The number of hydrogen-bond acceptors (Lipinski definition) is 4. The highest BCUT2D eigenvalue weighted by molar-refractivity contribution is 7.89. The first kappa shape index (κ1) is 20.4. The van der Waals surface area contributed by atoms with Gasteiger partial charge in [-0.3, -0.25) is 4.79 Å². The Morgan fingerprint density at radius 3 is 2.79 bits per heavy atom. The van der Waals surface area contributed by atoms with E-state index in [1.165, 1.54) is 16.6 Å². The molecular weight excluding hydrogens is 378 g/mol. The predicted molar refractivity (Wildman–Crippen MR) is 107 cm³/mol. The van der Waals surface area contributed by atoms with Crippen LogP contribution in [0.3, 0.4) is 0 Å². The molecule has 1 atom stereocenters. The van der Waals surface area contributed by atoms with E-state index in [4.69, 9.17) is 4.74 Å². The summed E-state index contributed by atoms with van der Waals surface area (Å²) in [5, 5.41) is 2.83. The van der Waals surface area contributed by atoms with E-state index in [9.17, 15) is 13.2 Å². The average molecular weight is 406 g/mol. The largest absolute Gasteiger partial charge is 0.496 e. The number of benzene rings is 1. The maximum absolute atomic E-state index is 12.9. The Labute approximate surface area is 166 Å². The van der Waals surface area contributed by atoms with Gasteiger partial charge in [0.15, 0.2) is 0 Å². The summed E-state index contributed by atoms with van der Waals surface area (Å²) in [6.07, 6.45) is 3.41. The van der Waals surface area contributed by atoms with Crippen molar-refractivity contribution >= 4 is 15.9 Å². The van der Waals surface area contributed by atoms with Crippen LogP contribution in [0.1, 0.15) is 35.8 Å². The number of methoxy groups -OCH3 is 1. The van der Waals surface area contributed by atoms with Gasteiger partial charge in [0.1, 0.15) is 16.3 Å². The number of rotatable bonds is 6. The normalized spacial score (nSPS) is 18.0. The van der Waals surface area contributed by atoms with Gasteiger partial charge >= 0.3 is 0 Å². The van der Waals surface area contributed by atoms with Crippen molar-refractivity contribution in [1.29, 1.82) is 0 Å². The molecule has 2 heterocycles. The van der Waals surface area contributed by atoms with Gasteiger partial charge in [0, 0.05) is 38.4 Å². The van der Waals surface area contributed by atoms with E-state index < -0.39 is 10.0 Å². The smallest absolute Gasteiger partial charge is 0.268 e. The molecule has 1 saturated heterocycles. The number of hydrogen-bond donors (Lipinski definition) is 1. The number of sulfonamides is 1. The standard InChI is InChI=1S/C20H27N3O4S/c1-15-7-6-10-23(13-15)28(25,26)17-11-18(22(2)14-17)20(24)21-12-16-8-4-5-9-19(16)27-3/h4-5,8-9,11,14-15H,6-7,10,12-13H2,1-3H3,(H,21,24)/t15-/m0/s1. The maximum atomic E-state index is 12.9. The molecular formula is C20H27N3O4S. The van der Waals surface area contributed by atoms with E-state index in [1.807, 2.05) is 24.3 Å². The summed E-state index contributed by atoms with van der Waals surface area (Å²) < 4.78 is 34.3. The van der Waals surface area contributed by atoms with Crippen molar-refractivity contribution in [2.45, 2.75) is 31.2 Å². The molecule has 1 aromatic carbocycles. The number of amides is 1. The molecule has 0 saturated carbocycles. The molecule has 3 rings (SSSR count). The molecule has 0 unspecified atom stereocenters. The minimum atomic E-state index is -3.60. The highest BCUT2D eigenvalue weighted by atomic mass is 32.2. The van der Waals surface area contributed by atoms with Crippen molar-refractivity contribution in [3.63, 3.8) is 0 Å². The minimum Gasteiger partial charge on any atom is -0.496 e. The van der Waals surface area contributed by atoms with Gasteiger partial charge in [-0.2, -0.15) is 4.31 Å². The van der Waals surface area contributed by atoms with Crippen LogP contribution < -0.4 is 10.1 Å². The lowest BCUT2D eigenvalue weighted by Crippen LogP contribution is -2.38. The van der Waals surface area contributed by atoms with Crippen molar-refractivity contribution < 1.29 is 17.9 Å². The van der Waals surface area contributed by atoms with E-state index >= 15 is 0 Å². The molecule has 1 aliphatic rings. The summed E-state index contributed by atoms with van der Waals surface area (Å²) >= 11 is 0. The molecule has 152 valence electrons. The fourth-order valence-electron chi connectivity index (χ4n) is 3.53. The van der Waals surface area contributed by atoms with E-state index in [-0.39, 0.29) is 10.8 Å². The molecule has 0 radical (unpaired) electrons. The van der Waals surface area contributed by atoms with Crippen molar-refractivity contribution in [3.05, 3.63) is 47.8 Å². The van der Waals surface area contributed by atoms with Crippen molar-refractivity contribution in [2.75, 3.05) is 20.2 Å². The topological polar surface area (TPSA) is 80.6 Å². The molecule has 1 amide bonds. The second-order valence-corrected chi connectivity index (χ2v) is 9.21. The Morgan fingerprint density at radius 2 is 2.07 bits per heavy atom. The van der Waals surface area contributed by atoms with Crippen molar-refractivity contribution in [1.82, 2.24) is 14.2 Å². The van der Waals surface area contributed by atoms with Gasteiger partial charge in [0.2, 0.25) is 10.0 Å². The lowest BCUT2D eigenvalue weighted by Gasteiger charge is -2.29. The van der Waals surface area contributed by atoms with Gasteiger partial charge in [-0.15, -0.1) is 0 Å². The number of carbonyl (C=O) groups is 1. The highest BCUT2D eigenvalue weighted by Crippen LogP contribution is 2.25. The van der Waals surface area contributed by atoms with Crippen LogP contribution in [0.5, 0.6) is 5.75 Å². The summed E-state index contributed by atoms with van der Waals surface area (Å²) in [6.45, 7) is 3.40. The van der Waals surface area contributed by atoms with Crippen molar-refractivity contribution in [3.8, 4) is 5.75 Å². The quantitative estimate of drug-likeness (QED) is 0.800. The minimum absolute atomic E-state index is 0.159. The van der Waals surface area contributed by atoms with Crippen LogP contribution >= 0.6 is 0 Å². The number of nitrogens with zero attached hydrogens (tertiary/aromatic N) is 2. The number of nitrogens with one attached hydrogen (secondary N) is 1. The zero-order chi connectivity index (χ0) is 20.3. The molecule has 7 nitrogen and oxygen atoms in total. The van der Waals surface area contributed by atoms with Crippen LogP contribution in [0.15, 0.2) is 41.4 Å². The van der Waals surface area contributed by atoms with E-state index in [1.54, 1.807) is 18.7 Å². The van der Waals surface area contributed by atoms with Crippen LogP contribution in [0.4, 0.5) is 0 Å². The van der Waals surface area contributed by atoms with Gasteiger partial charge in [-0.05, 0) is 30.9 Å². The van der Waals surface area contributed by atoms with Gasteiger partial charge in [0.05, 0.1) is 7.11 Å². The molecule has 0 aliphatic carbocycles. The third-order valence-electron chi connectivity index (χ3n) is 5.10. The Bertz CT molecular complexity index is 952. The SMILES string of the molecule is COc1ccccc1CNC(=O)c1cc(S(=O)(=O)N2CCC[C@H](C)C2)cn1C. The molecule has 1 N–H and O–H groups in total. The van der Waals surface area contributed by atoms with Crippen LogP contribution in [-0.2, 0) is 23.6 Å². The Morgan fingerprint density at radius 1 is 1.32 bits per heavy atom. The van der Waals surface area contributed by atoms with Crippen LogP contribution in [0, 0.1) is 5.92 Å². The average Bonchev–Trinajstić information content (AvgIpc) is 3.09. The highest BCUT2D eigenvalue weighted by Gasteiger charge is 2.30. The third-order valence-corrected chi connectivity index (χ3v) is 6.93. The summed E-state index contributed by atoms with van der Waals surface area (Å²) in [5.41, 5.74) is 1.15. The van der Waals surface area contributed by atoms with Crippen molar-refractivity contribution in [2.24, 2.45) is 13.0 Å². The Hall–Kier alpha value is -2.32. The maximum Gasteiger partial charge on any atom is 0.268 e. The summed E-state index contributed by atoms with van der Waals surface area (Å²) in [4.78, 5) is 12.8. The van der Waals surface area contributed by atoms with Gasteiger partial charge in [-0.25, -0.2) is 8.42 Å². The van der Waals surface area contributed by atoms with Crippen LogP contribution in [0.25, 0.3) is 0 Å². The molecule has 8 heteroatoms. The fourth-order valence-corrected chi connectivity index (χ4v) is 5.20. The number of ether oxygens (including phenoxy) is 1. The van der Waals surface area contributed by atoms with E-state index in [0.717, 1.165) is 18.4 Å². The van der Waals surface area contributed by atoms with Gasteiger partial charge < -0.3 is 14.6 Å². The van der Waals surface area contributed by atoms with Crippen LogP contribution in [-0.4, -0.2) is 43.4 Å². The number of aromatic nitrogens is 1. The second kappa shape index (κ2) is 8.36.